The number of unbranched alkanes of at least 4 members (excludes halogenated alkanes) is 15. The predicted octanol–water partition coefficient (Wildman–Crippen LogP) is 9.49. The van der Waals surface area contributed by atoms with Gasteiger partial charge >= 0.3 is 11.9 Å². The van der Waals surface area contributed by atoms with Crippen LogP contribution in [0.3, 0.4) is 0 Å². The van der Waals surface area contributed by atoms with Crippen molar-refractivity contribution in [3.8, 4) is 0 Å². The van der Waals surface area contributed by atoms with Gasteiger partial charge in [-0.3, -0.25) is 9.59 Å². The molecule has 54 heavy (non-hydrogen) atoms. The summed E-state index contributed by atoms with van der Waals surface area (Å²) in [6.45, 7) is 4.58. The number of nitrogens with zero attached hydrogens (tertiary/aromatic N) is 1. The number of rotatable bonds is 38. The van der Waals surface area contributed by atoms with Gasteiger partial charge in [0.1, 0.15) is 13.2 Å². The number of quaternary nitrogens is 1. The molecule has 312 valence electrons. The maximum Gasteiger partial charge on any atom is 0.306 e. The van der Waals surface area contributed by atoms with E-state index in [0.717, 1.165) is 70.6 Å². The fraction of sp³-hybridized carbons (Fsp3) is 0.756. The molecule has 2 unspecified atom stereocenters. The van der Waals surface area contributed by atoms with Crippen molar-refractivity contribution >= 4 is 17.9 Å². The maximum absolute atomic E-state index is 12.7. The Hall–Kier alpha value is -2.75. The lowest BCUT2D eigenvalue weighted by molar-refractivity contribution is -0.870. The lowest BCUT2D eigenvalue weighted by atomic mass is 10.0. The number of carboxylic acids is 1. The second-order valence-electron chi connectivity index (χ2n) is 15.3. The highest BCUT2D eigenvalue weighted by Crippen LogP contribution is 2.14. The molecule has 0 aliphatic rings. The Morgan fingerprint density at radius 1 is 0.574 bits per heavy atom. The quantitative estimate of drug-likeness (QED) is 0.0201. The summed E-state index contributed by atoms with van der Waals surface area (Å²) in [5.74, 6) is -2.32. The average molecular weight is 762 g/mol. The number of carboxylic acid groups (broad SMARTS) is 1. The molecule has 0 fully saturated rings. The van der Waals surface area contributed by atoms with E-state index in [1.165, 1.54) is 57.8 Å². The lowest BCUT2D eigenvalue weighted by Gasteiger charge is -2.26. The zero-order valence-electron chi connectivity index (χ0n) is 35.1. The van der Waals surface area contributed by atoms with Crippen LogP contribution in [-0.2, 0) is 33.3 Å². The van der Waals surface area contributed by atoms with Gasteiger partial charge in [-0.25, -0.2) is 0 Å². The number of carbonyl (C=O) groups is 3. The SMILES string of the molecule is CC/C=C\C/C=C\C/C=C\C/C=C\CCCCCCC(=O)OC(COC(=O)CCCCCCCCCCCCCC)COC(OCC[N+](C)(C)C)C(=O)[O-]. The van der Waals surface area contributed by atoms with Crippen molar-refractivity contribution in [2.75, 3.05) is 47.5 Å². The number of allylic oxidation sites excluding steroid dienone is 8. The Bertz CT molecular complexity index is 1030. The fourth-order valence-electron chi connectivity index (χ4n) is 5.52. The molecular formula is C45H79NO8. The molecule has 0 radical (unpaired) electrons. The fourth-order valence-corrected chi connectivity index (χ4v) is 5.52. The van der Waals surface area contributed by atoms with Crippen molar-refractivity contribution < 1.29 is 42.9 Å². The largest absolute Gasteiger partial charge is 0.545 e. The highest BCUT2D eigenvalue weighted by atomic mass is 16.7. The number of likely N-dealkylation sites (N-methyl/N-ethyl adjacent to an activating group) is 1. The molecule has 0 rings (SSSR count). The van der Waals surface area contributed by atoms with Crippen LogP contribution >= 0.6 is 0 Å². The summed E-state index contributed by atoms with van der Waals surface area (Å²) in [7, 11) is 5.89. The van der Waals surface area contributed by atoms with Crippen LogP contribution in [0.1, 0.15) is 162 Å². The third-order valence-corrected chi connectivity index (χ3v) is 8.84. The van der Waals surface area contributed by atoms with E-state index in [2.05, 4.69) is 62.5 Å². The second kappa shape index (κ2) is 37.2. The Kier molecular flexibility index (Phi) is 35.3. The van der Waals surface area contributed by atoms with Crippen LogP contribution in [0, 0.1) is 0 Å². The molecule has 0 saturated heterocycles. The Morgan fingerprint density at radius 3 is 1.57 bits per heavy atom. The first-order valence-corrected chi connectivity index (χ1v) is 21.3. The van der Waals surface area contributed by atoms with Crippen molar-refractivity contribution in [1.29, 1.82) is 0 Å². The third-order valence-electron chi connectivity index (χ3n) is 8.84. The molecule has 0 aromatic carbocycles. The Balaban J connectivity index is 4.53. The van der Waals surface area contributed by atoms with E-state index >= 15 is 0 Å². The van der Waals surface area contributed by atoms with Gasteiger partial charge in [-0.1, -0.05) is 146 Å². The van der Waals surface area contributed by atoms with Crippen molar-refractivity contribution in [1.82, 2.24) is 0 Å². The first-order valence-electron chi connectivity index (χ1n) is 21.3. The van der Waals surface area contributed by atoms with E-state index in [1.54, 1.807) is 0 Å². The van der Waals surface area contributed by atoms with Gasteiger partial charge in [0, 0.05) is 12.8 Å². The molecule has 0 N–H and O–H groups in total. The molecule has 0 heterocycles. The summed E-state index contributed by atoms with van der Waals surface area (Å²) >= 11 is 0. The van der Waals surface area contributed by atoms with E-state index in [1.807, 2.05) is 21.1 Å². The molecule has 0 saturated carbocycles. The highest BCUT2D eigenvalue weighted by molar-refractivity contribution is 5.70. The van der Waals surface area contributed by atoms with Gasteiger partial charge in [0.05, 0.1) is 40.3 Å². The van der Waals surface area contributed by atoms with Gasteiger partial charge in [0.25, 0.3) is 0 Å². The summed E-state index contributed by atoms with van der Waals surface area (Å²) in [6, 6.07) is 0. The van der Waals surface area contributed by atoms with Crippen LogP contribution in [-0.4, -0.2) is 82.3 Å². The van der Waals surface area contributed by atoms with Crippen LogP contribution in [0.4, 0.5) is 0 Å². The van der Waals surface area contributed by atoms with E-state index < -0.39 is 24.3 Å². The van der Waals surface area contributed by atoms with Gasteiger partial charge in [0.15, 0.2) is 12.4 Å². The minimum atomic E-state index is -1.63. The summed E-state index contributed by atoms with van der Waals surface area (Å²) in [4.78, 5) is 36.9. The summed E-state index contributed by atoms with van der Waals surface area (Å²) < 4.78 is 22.5. The van der Waals surface area contributed by atoms with Gasteiger partial charge in [-0.15, -0.1) is 0 Å². The first-order chi connectivity index (χ1) is 26.1. The molecule has 0 amide bonds. The van der Waals surface area contributed by atoms with Crippen LogP contribution < -0.4 is 5.11 Å². The lowest BCUT2D eigenvalue weighted by Crippen LogP contribution is -2.44. The standard InChI is InChI=1S/C45H79NO8/c1-6-8-10-12-14-16-18-20-21-22-23-24-26-28-30-32-34-36-43(48)54-41(40-53-45(44(49)50)51-38-37-46(3,4)5)39-52-42(47)35-33-31-29-27-25-19-17-15-13-11-9-7-2/h8,10,14,16,20-21,23-24,41,45H,6-7,9,11-13,15,17-19,22,25-40H2,1-5H3/b10-8-,16-14-,21-20-,24-23-. The highest BCUT2D eigenvalue weighted by Gasteiger charge is 2.21. The number of carbonyl (C=O) groups excluding carboxylic acids is 3. The van der Waals surface area contributed by atoms with Crippen LogP contribution in [0.5, 0.6) is 0 Å². The Labute approximate surface area is 330 Å². The molecule has 0 aliphatic carbocycles. The van der Waals surface area contributed by atoms with Crippen molar-refractivity contribution in [2.45, 2.75) is 174 Å². The van der Waals surface area contributed by atoms with E-state index in [-0.39, 0.29) is 38.6 Å². The molecule has 9 heteroatoms. The van der Waals surface area contributed by atoms with Crippen LogP contribution in [0.25, 0.3) is 0 Å². The van der Waals surface area contributed by atoms with E-state index in [9.17, 15) is 19.5 Å². The van der Waals surface area contributed by atoms with Crippen LogP contribution in [0.2, 0.25) is 0 Å². The predicted molar refractivity (Wildman–Crippen MR) is 219 cm³/mol. The first kappa shape index (κ1) is 51.2. The number of esters is 2. The summed E-state index contributed by atoms with van der Waals surface area (Å²) in [5.41, 5.74) is 0. The molecule has 0 aromatic heterocycles. The molecule has 2 atom stereocenters. The molecular weight excluding hydrogens is 682 g/mol. The van der Waals surface area contributed by atoms with E-state index in [0.29, 0.717) is 17.4 Å². The smallest absolute Gasteiger partial charge is 0.306 e. The number of aliphatic carboxylic acids is 1. The number of hydrogen-bond donors (Lipinski definition) is 0. The summed E-state index contributed by atoms with van der Waals surface area (Å²) in [5, 5.41) is 11.7. The van der Waals surface area contributed by atoms with Gasteiger partial charge in [0.2, 0.25) is 0 Å². The normalized spacial score (nSPS) is 13.4. The van der Waals surface area contributed by atoms with Gasteiger partial charge in [-0.05, 0) is 51.4 Å². The molecule has 0 aromatic rings. The third kappa shape index (κ3) is 37.6. The topological polar surface area (TPSA) is 111 Å². The van der Waals surface area contributed by atoms with Gasteiger partial charge in [-0.2, -0.15) is 0 Å². The zero-order valence-corrected chi connectivity index (χ0v) is 35.1. The second-order valence-corrected chi connectivity index (χ2v) is 15.3. The average Bonchev–Trinajstić information content (AvgIpc) is 3.12. The monoisotopic (exact) mass is 762 g/mol. The molecule has 0 aliphatic heterocycles. The molecule has 9 nitrogen and oxygen atoms in total. The van der Waals surface area contributed by atoms with Crippen molar-refractivity contribution in [3.63, 3.8) is 0 Å². The summed E-state index contributed by atoms with van der Waals surface area (Å²) in [6.07, 6.45) is 38.5. The molecule has 0 bridgehead atoms. The minimum Gasteiger partial charge on any atom is -0.545 e. The molecule has 0 spiro atoms. The van der Waals surface area contributed by atoms with Crippen LogP contribution in [0.15, 0.2) is 48.6 Å². The Morgan fingerprint density at radius 2 is 1.06 bits per heavy atom. The minimum absolute atomic E-state index is 0.142. The zero-order chi connectivity index (χ0) is 40.0. The van der Waals surface area contributed by atoms with E-state index in [4.69, 9.17) is 18.9 Å². The maximum atomic E-state index is 12.7. The number of hydrogen-bond acceptors (Lipinski definition) is 8. The van der Waals surface area contributed by atoms with Gasteiger partial charge < -0.3 is 33.3 Å². The van der Waals surface area contributed by atoms with Crippen molar-refractivity contribution in [2.24, 2.45) is 0 Å². The van der Waals surface area contributed by atoms with Crippen molar-refractivity contribution in [3.05, 3.63) is 48.6 Å². The number of ether oxygens (including phenoxy) is 4.